The summed E-state index contributed by atoms with van der Waals surface area (Å²) in [4.78, 5) is 9.95. The quantitative estimate of drug-likeness (QED) is 0.498. The molecule has 0 atom stereocenters. The second-order valence-corrected chi connectivity index (χ2v) is 5.79. The van der Waals surface area contributed by atoms with Gasteiger partial charge >= 0.3 is 0 Å². The number of thiophene rings is 1. The Balaban J connectivity index is 2.11. The summed E-state index contributed by atoms with van der Waals surface area (Å²) in [6, 6.07) is 16.9. The Bertz CT molecular complexity index is 910. The zero-order valence-corrected chi connectivity index (χ0v) is 11.8. The first kappa shape index (κ1) is 11.6. The van der Waals surface area contributed by atoms with Gasteiger partial charge in [-0.15, -0.1) is 11.3 Å². The van der Waals surface area contributed by atoms with Crippen molar-refractivity contribution in [3.63, 3.8) is 0 Å². The minimum absolute atomic E-state index is 0.824. The van der Waals surface area contributed by atoms with Crippen molar-refractivity contribution in [3.05, 3.63) is 60.6 Å². The normalized spacial score (nSPS) is 11.2. The third kappa shape index (κ3) is 1.71. The molecule has 4 rings (SSSR count). The molecular formula is C17H12N2S. The van der Waals surface area contributed by atoms with Crippen LogP contribution >= 0.6 is 11.3 Å². The highest BCUT2D eigenvalue weighted by Crippen LogP contribution is 2.38. The Morgan fingerprint density at radius 3 is 2.60 bits per heavy atom. The van der Waals surface area contributed by atoms with Crippen LogP contribution in [0.3, 0.4) is 0 Å². The molecule has 0 saturated heterocycles. The van der Waals surface area contributed by atoms with Gasteiger partial charge in [-0.2, -0.15) is 0 Å². The van der Waals surface area contributed by atoms with Crippen molar-refractivity contribution in [2.75, 3.05) is 0 Å². The van der Waals surface area contributed by atoms with Crippen LogP contribution in [0.1, 0.15) is 5.82 Å². The molecule has 20 heavy (non-hydrogen) atoms. The van der Waals surface area contributed by atoms with Crippen LogP contribution in [0.25, 0.3) is 31.4 Å². The van der Waals surface area contributed by atoms with Crippen molar-refractivity contribution in [1.82, 2.24) is 9.97 Å². The Morgan fingerprint density at radius 2 is 1.75 bits per heavy atom. The number of nitrogens with zero attached hydrogens (tertiary/aromatic N) is 2. The topological polar surface area (TPSA) is 25.8 Å². The van der Waals surface area contributed by atoms with Gasteiger partial charge < -0.3 is 0 Å². The number of aromatic nitrogens is 2. The highest BCUT2D eigenvalue weighted by molar-refractivity contribution is 7.26. The van der Waals surface area contributed by atoms with Crippen LogP contribution in [0, 0.1) is 6.92 Å². The summed E-state index contributed by atoms with van der Waals surface area (Å²) in [5, 5.41) is 2.39. The van der Waals surface area contributed by atoms with Gasteiger partial charge in [-0.1, -0.05) is 48.5 Å². The summed E-state index contributed by atoms with van der Waals surface area (Å²) in [6.07, 6.45) is 1.94. The zero-order valence-electron chi connectivity index (χ0n) is 11.0. The number of benzene rings is 2. The Hall–Kier alpha value is -2.26. The van der Waals surface area contributed by atoms with Crippen molar-refractivity contribution in [2.45, 2.75) is 6.92 Å². The van der Waals surface area contributed by atoms with Crippen molar-refractivity contribution in [1.29, 1.82) is 0 Å². The van der Waals surface area contributed by atoms with Gasteiger partial charge in [0, 0.05) is 21.7 Å². The molecular weight excluding hydrogens is 264 g/mol. The standard InChI is InChI=1S/C17H12N2S/c1-11-18-10-15-14-9-5-8-13(12-6-3-2-4-7-12)16(14)20-17(15)19-11/h2-10H,1H3. The smallest absolute Gasteiger partial charge is 0.128 e. The SMILES string of the molecule is Cc1ncc2c(n1)sc1c(-c3ccccc3)cccc12. The van der Waals surface area contributed by atoms with E-state index in [1.807, 2.05) is 19.2 Å². The maximum Gasteiger partial charge on any atom is 0.128 e. The van der Waals surface area contributed by atoms with E-state index < -0.39 is 0 Å². The van der Waals surface area contributed by atoms with E-state index in [0.717, 1.165) is 16.0 Å². The number of hydrogen-bond donors (Lipinski definition) is 0. The second-order valence-electron chi connectivity index (χ2n) is 4.79. The number of hydrogen-bond acceptors (Lipinski definition) is 3. The van der Waals surface area contributed by atoms with Gasteiger partial charge in [-0.05, 0) is 18.1 Å². The van der Waals surface area contributed by atoms with Crippen LogP contribution in [0.5, 0.6) is 0 Å². The summed E-state index contributed by atoms with van der Waals surface area (Å²) in [6.45, 7) is 1.93. The van der Waals surface area contributed by atoms with Crippen LogP contribution in [0.15, 0.2) is 54.7 Å². The van der Waals surface area contributed by atoms with Gasteiger partial charge in [0.15, 0.2) is 0 Å². The van der Waals surface area contributed by atoms with Gasteiger partial charge in [0.25, 0.3) is 0 Å². The third-order valence-corrected chi connectivity index (χ3v) is 4.61. The highest BCUT2D eigenvalue weighted by Gasteiger charge is 2.11. The lowest BCUT2D eigenvalue weighted by Gasteiger charge is -2.02. The number of fused-ring (bicyclic) bond motifs is 3. The summed E-state index contributed by atoms with van der Waals surface area (Å²) < 4.78 is 1.29. The molecule has 0 aliphatic carbocycles. The molecule has 0 saturated carbocycles. The van der Waals surface area contributed by atoms with Crippen molar-refractivity contribution >= 4 is 31.6 Å². The molecule has 2 heterocycles. The van der Waals surface area contributed by atoms with Crippen LogP contribution in [-0.2, 0) is 0 Å². The Kier molecular flexibility index (Phi) is 2.54. The fourth-order valence-electron chi connectivity index (χ4n) is 2.51. The minimum Gasteiger partial charge on any atom is -0.241 e. The maximum absolute atomic E-state index is 4.56. The molecule has 0 N–H and O–H groups in total. The van der Waals surface area contributed by atoms with E-state index in [1.54, 1.807) is 11.3 Å². The van der Waals surface area contributed by atoms with E-state index in [0.29, 0.717) is 0 Å². The maximum atomic E-state index is 4.56. The molecule has 4 aromatic rings. The van der Waals surface area contributed by atoms with E-state index >= 15 is 0 Å². The second kappa shape index (κ2) is 4.39. The van der Waals surface area contributed by atoms with Crippen molar-refractivity contribution < 1.29 is 0 Å². The lowest BCUT2D eigenvalue weighted by Crippen LogP contribution is -1.83. The van der Waals surface area contributed by atoms with E-state index in [4.69, 9.17) is 0 Å². The van der Waals surface area contributed by atoms with Crippen molar-refractivity contribution in [2.24, 2.45) is 0 Å². The summed E-state index contributed by atoms with van der Waals surface area (Å²) in [5.41, 5.74) is 2.51. The average molecular weight is 276 g/mol. The predicted octanol–water partition coefficient (Wildman–Crippen LogP) is 4.82. The van der Waals surface area contributed by atoms with Gasteiger partial charge in [0.2, 0.25) is 0 Å². The zero-order chi connectivity index (χ0) is 13.5. The molecule has 2 aromatic heterocycles. The minimum atomic E-state index is 0.824. The van der Waals surface area contributed by atoms with Gasteiger partial charge in [-0.25, -0.2) is 9.97 Å². The molecule has 0 aliphatic rings. The molecule has 2 aromatic carbocycles. The summed E-state index contributed by atoms with van der Waals surface area (Å²) >= 11 is 1.75. The largest absolute Gasteiger partial charge is 0.241 e. The number of aryl methyl sites for hydroxylation is 1. The van der Waals surface area contributed by atoms with Crippen LogP contribution in [-0.4, -0.2) is 9.97 Å². The average Bonchev–Trinajstić information content (AvgIpc) is 2.85. The van der Waals surface area contributed by atoms with E-state index in [-0.39, 0.29) is 0 Å². The summed E-state index contributed by atoms with van der Waals surface area (Å²) in [5.74, 6) is 0.824. The molecule has 96 valence electrons. The highest BCUT2D eigenvalue weighted by atomic mass is 32.1. The van der Waals surface area contributed by atoms with Gasteiger partial charge in [-0.3, -0.25) is 0 Å². The van der Waals surface area contributed by atoms with E-state index in [9.17, 15) is 0 Å². The monoisotopic (exact) mass is 276 g/mol. The first-order valence-corrected chi connectivity index (χ1v) is 7.35. The fraction of sp³-hybridized carbons (Fsp3) is 0.0588. The van der Waals surface area contributed by atoms with E-state index in [2.05, 4.69) is 52.4 Å². The Labute approximate surface area is 120 Å². The predicted molar refractivity (Wildman–Crippen MR) is 85.1 cm³/mol. The lowest BCUT2D eigenvalue weighted by atomic mass is 10.0. The number of rotatable bonds is 1. The van der Waals surface area contributed by atoms with Gasteiger partial charge in [0.05, 0.1) is 0 Å². The van der Waals surface area contributed by atoms with Crippen LogP contribution < -0.4 is 0 Å². The molecule has 0 fully saturated rings. The summed E-state index contributed by atoms with van der Waals surface area (Å²) in [7, 11) is 0. The molecule has 2 nitrogen and oxygen atoms in total. The molecule has 0 amide bonds. The molecule has 0 aliphatic heterocycles. The molecule has 0 spiro atoms. The molecule has 0 radical (unpaired) electrons. The van der Waals surface area contributed by atoms with Crippen molar-refractivity contribution in [3.8, 4) is 11.1 Å². The fourth-order valence-corrected chi connectivity index (χ4v) is 3.74. The Morgan fingerprint density at radius 1 is 0.900 bits per heavy atom. The first-order valence-electron chi connectivity index (χ1n) is 6.53. The molecule has 3 heteroatoms. The molecule has 0 unspecified atom stereocenters. The third-order valence-electron chi connectivity index (χ3n) is 3.46. The van der Waals surface area contributed by atoms with E-state index in [1.165, 1.54) is 21.2 Å². The van der Waals surface area contributed by atoms with Crippen LogP contribution in [0.2, 0.25) is 0 Å². The molecule has 0 bridgehead atoms. The van der Waals surface area contributed by atoms with Crippen LogP contribution in [0.4, 0.5) is 0 Å². The lowest BCUT2D eigenvalue weighted by molar-refractivity contribution is 1.10. The first-order chi connectivity index (χ1) is 9.83. The van der Waals surface area contributed by atoms with Gasteiger partial charge in [0.1, 0.15) is 10.7 Å².